The third-order valence-corrected chi connectivity index (χ3v) is 4.12. The Balaban J connectivity index is 1.55. The number of amides is 1. The third-order valence-electron chi connectivity index (χ3n) is 4.12. The number of aromatic nitrogens is 1. The van der Waals surface area contributed by atoms with E-state index in [1.807, 2.05) is 25.1 Å². The minimum Gasteiger partial charge on any atom is -0.485 e. The summed E-state index contributed by atoms with van der Waals surface area (Å²) in [6, 6.07) is 14.2. The molecule has 0 spiro atoms. The Bertz CT molecular complexity index is 1030. The lowest BCUT2D eigenvalue weighted by Crippen LogP contribution is -2.40. The van der Waals surface area contributed by atoms with Crippen molar-refractivity contribution in [3.8, 4) is 11.5 Å². The topological polar surface area (TPSA) is 80.4 Å². The van der Waals surface area contributed by atoms with Crippen LogP contribution in [0.25, 0.3) is 10.9 Å². The number of carbonyl (C=O) groups is 1. The molecule has 2 aromatic carbocycles. The zero-order chi connectivity index (χ0) is 17.4. The zero-order valence-electron chi connectivity index (χ0n) is 13.5. The second-order valence-electron chi connectivity index (χ2n) is 5.93. The molecule has 4 rings (SSSR count). The van der Waals surface area contributed by atoms with Gasteiger partial charge in [0.15, 0.2) is 11.5 Å². The lowest BCUT2D eigenvalue weighted by atomic mass is 10.1. The van der Waals surface area contributed by atoms with E-state index in [0.717, 1.165) is 10.9 Å². The van der Waals surface area contributed by atoms with Gasteiger partial charge in [0.25, 0.3) is 5.91 Å². The molecule has 1 aromatic heterocycles. The number of carbonyl (C=O) groups excluding carboxylic acids is 1. The summed E-state index contributed by atoms with van der Waals surface area (Å²) in [6.45, 7) is 2.02. The number of benzene rings is 2. The van der Waals surface area contributed by atoms with Gasteiger partial charge < -0.3 is 19.8 Å². The fraction of sp³-hybridized carbons (Fsp3) is 0.158. The Kier molecular flexibility index (Phi) is 3.65. The largest absolute Gasteiger partial charge is 0.485 e. The first-order chi connectivity index (χ1) is 12.1. The number of rotatable bonds is 2. The van der Waals surface area contributed by atoms with Crippen LogP contribution in [0.2, 0.25) is 0 Å². The van der Waals surface area contributed by atoms with E-state index in [-0.39, 0.29) is 18.1 Å². The molecule has 0 saturated heterocycles. The van der Waals surface area contributed by atoms with Crippen LogP contribution in [0.4, 0.5) is 5.69 Å². The van der Waals surface area contributed by atoms with Crippen molar-refractivity contribution in [2.24, 2.45) is 0 Å². The van der Waals surface area contributed by atoms with Crippen molar-refractivity contribution in [2.45, 2.75) is 13.0 Å². The molecule has 126 valence electrons. The molecular weight excluding hydrogens is 320 g/mol. The lowest BCUT2D eigenvalue weighted by molar-refractivity contribution is -0.125. The quantitative estimate of drug-likeness (QED) is 0.754. The number of aryl methyl sites for hydroxylation is 1. The molecule has 0 aliphatic carbocycles. The summed E-state index contributed by atoms with van der Waals surface area (Å²) in [5.74, 6) is 0.876. The van der Waals surface area contributed by atoms with Crippen LogP contribution in [0.1, 0.15) is 5.56 Å². The van der Waals surface area contributed by atoms with Crippen LogP contribution in [0.15, 0.2) is 53.3 Å². The van der Waals surface area contributed by atoms with Gasteiger partial charge in [-0.2, -0.15) is 0 Å². The van der Waals surface area contributed by atoms with E-state index in [2.05, 4.69) is 10.3 Å². The molecule has 3 aromatic rings. The highest BCUT2D eigenvalue weighted by molar-refractivity contribution is 5.97. The van der Waals surface area contributed by atoms with Crippen molar-refractivity contribution in [2.75, 3.05) is 11.9 Å². The first kappa shape index (κ1) is 15.3. The Morgan fingerprint density at radius 1 is 1.16 bits per heavy atom. The first-order valence-corrected chi connectivity index (χ1v) is 7.93. The highest BCUT2D eigenvalue weighted by Crippen LogP contribution is 2.31. The molecule has 1 aliphatic heterocycles. The van der Waals surface area contributed by atoms with Crippen LogP contribution in [0, 0.1) is 6.92 Å². The number of hydrogen-bond donors (Lipinski definition) is 2. The Labute approximate surface area is 143 Å². The van der Waals surface area contributed by atoms with Crippen molar-refractivity contribution in [3.05, 3.63) is 64.4 Å². The number of aromatic amines is 1. The molecule has 1 atom stereocenters. The predicted molar refractivity (Wildman–Crippen MR) is 94.3 cm³/mol. The van der Waals surface area contributed by atoms with Crippen molar-refractivity contribution in [1.82, 2.24) is 4.98 Å². The monoisotopic (exact) mass is 336 g/mol. The van der Waals surface area contributed by atoms with Gasteiger partial charge in [-0.25, -0.2) is 0 Å². The number of nitrogens with one attached hydrogen (secondary N) is 2. The van der Waals surface area contributed by atoms with Crippen LogP contribution < -0.4 is 20.3 Å². The van der Waals surface area contributed by atoms with Gasteiger partial charge in [-0.3, -0.25) is 9.59 Å². The summed E-state index contributed by atoms with van der Waals surface area (Å²) in [6.07, 6.45) is -0.734. The van der Waals surface area contributed by atoms with Crippen LogP contribution in [-0.2, 0) is 4.79 Å². The van der Waals surface area contributed by atoms with Gasteiger partial charge in [0.05, 0.1) is 5.52 Å². The van der Waals surface area contributed by atoms with Crippen LogP contribution in [0.3, 0.4) is 0 Å². The molecule has 0 saturated carbocycles. The first-order valence-electron chi connectivity index (χ1n) is 7.93. The smallest absolute Gasteiger partial charge is 0.269 e. The maximum Gasteiger partial charge on any atom is 0.269 e. The van der Waals surface area contributed by atoms with Gasteiger partial charge in [0, 0.05) is 17.1 Å². The van der Waals surface area contributed by atoms with Crippen molar-refractivity contribution < 1.29 is 14.3 Å². The Morgan fingerprint density at radius 3 is 2.80 bits per heavy atom. The number of para-hydroxylation sites is 2. The zero-order valence-corrected chi connectivity index (χ0v) is 13.5. The molecule has 1 amide bonds. The van der Waals surface area contributed by atoms with E-state index in [0.29, 0.717) is 22.7 Å². The van der Waals surface area contributed by atoms with Gasteiger partial charge >= 0.3 is 0 Å². The summed E-state index contributed by atoms with van der Waals surface area (Å²) in [5, 5.41) is 3.74. The summed E-state index contributed by atoms with van der Waals surface area (Å²) in [4.78, 5) is 26.9. The molecule has 0 radical (unpaired) electrons. The number of hydrogen-bond acceptors (Lipinski definition) is 4. The second kappa shape index (κ2) is 5.98. The average molecular weight is 336 g/mol. The Morgan fingerprint density at radius 2 is 1.96 bits per heavy atom. The highest BCUT2D eigenvalue weighted by Gasteiger charge is 2.27. The van der Waals surface area contributed by atoms with Crippen molar-refractivity contribution >= 4 is 22.5 Å². The molecule has 1 aliphatic rings. The molecule has 6 heteroatoms. The van der Waals surface area contributed by atoms with Gasteiger partial charge in [-0.1, -0.05) is 18.2 Å². The van der Waals surface area contributed by atoms with E-state index >= 15 is 0 Å². The SMILES string of the molecule is Cc1cc(=O)[nH]c2cc(NC(=O)C3COc4ccccc4O3)ccc12. The van der Waals surface area contributed by atoms with E-state index in [9.17, 15) is 9.59 Å². The second-order valence-corrected chi connectivity index (χ2v) is 5.93. The molecule has 0 bridgehead atoms. The summed E-state index contributed by atoms with van der Waals surface area (Å²) in [7, 11) is 0. The molecular formula is C19H16N2O4. The van der Waals surface area contributed by atoms with Crippen LogP contribution in [0.5, 0.6) is 11.5 Å². The lowest BCUT2D eigenvalue weighted by Gasteiger charge is -2.25. The molecule has 1 unspecified atom stereocenters. The number of pyridine rings is 1. The fourth-order valence-corrected chi connectivity index (χ4v) is 2.88. The summed E-state index contributed by atoms with van der Waals surface area (Å²) < 4.78 is 11.3. The number of fused-ring (bicyclic) bond motifs is 2. The minimum absolute atomic E-state index is 0.145. The molecule has 2 heterocycles. The van der Waals surface area contributed by atoms with Gasteiger partial charge in [0.2, 0.25) is 11.7 Å². The standard InChI is InChI=1S/C19H16N2O4/c1-11-8-18(22)21-14-9-12(6-7-13(11)14)20-19(23)17-10-24-15-4-2-3-5-16(15)25-17/h2-9,17H,10H2,1H3,(H,20,23)(H,21,22). The Hall–Kier alpha value is -3.28. The molecule has 6 nitrogen and oxygen atoms in total. The summed E-state index contributed by atoms with van der Waals surface area (Å²) in [5.41, 5.74) is 1.97. The maximum absolute atomic E-state index is 12.5. The third kappa shape index (κ3) is 2.94. The van der Waals surface area contributed by atoms with Gasteiger partial charge in [-0.05, 0) is 36.8 Å². The number of H-pyrrole nitrogens is 1. The van der Waals surface area contributed by atoms with Gasteiger partial charge in [0.1, 0.15) is 6.61 Å². The predicted octanol–water partition coefficient (Wildman–Crippen LogP) is 2.62. The highest BCUT2D eigenvalue weighted by atomic mass is 16.6. The number of ether oxygens (including phenoxy) is 2. The molecule has 2 N–H and O–H groups in total. The van der Waals surface area contributed by atoms with Gasteiger partial charge in [-0.15, -0.1) is 0 Å². The molecule has 0 fully saturated rings. The number of anilines is 1. The van der Waals surface area contributed by atoms with E-state index < -0.39 is 6.10 Å². The minimum atomic E-state index is -0.734. The van der Waals surface area contributed by atoms with E-state index in [1.54, 1.807) is 30.3 Å². The van der Waals surface area contributed by atoms with Crippen molar-refractivity contribution in [1.29, 1.82) is 0 Å². The van der Waals surface area contributed by atoms with Crippen molar-refractivity contribution in [3.63, 3.8) is 0 Å². The van der Waals surface area contributed by atoms with E-state index in [1.165, 1.54) is 0 Å². The summed E-state index contributed by atoms with van der Waals surface area (Å²) >= 11 is 0. The van der Waals surface area contributed by atoms with Crippen LogP contribution >= 0.6 is 0 Å². The average Bonchev–Trinajstić information content (AvgIpc) is 2.60. The normalized spacial score (nSPS) is 15.8. The maximum atomic E-state index is 12.5. The fourth-order valence-electron chi connectivity index (χ4n) is 2.88. The van der Waals surface area contributed by atoms with Crippen LogP contribution in [-0.4, -0.2) is 23.6 Å². The van der Waals surface area contributed by atoms with E-state index in [4.69, 9.17) is 9.47 Å². The molecule has 25 heavy (non-hydrogen) atoms.